The topological polar surface area (TPSA) is 89.2 Å². The first-order valence-corrected chi connectivity index (χ1v) is 8.05. The van der Waals surface area contributed by atoms with Gasteiger partial charge in [-0.25, -0.2) is 0 Å². The molecule has 24 heavy (non-hydrogen) atoms. The number of aromatic nitrogens is 2. The summed E-state index contributed by atoms with van der Waals surface area (Å²) >= 11 is 0. The molecule has 2 N–H and O–H groups in total. The van der Waals surface area contributed by atoms with Crippen LogP contribution in [0.4, 0.5) is 0 Å². The highest BCUT2D eigenvalue weighted by molar-refractivity contribution is 5.91. The smallest absolute Gasteiger partial charge is 0.286 e. The summed E-state index contributed by atoms with van der Waals surface area (Å²) < 4.78 is 6.93. The number of rotatable bonds is 8. The maximum absolute atomic E-state index is 11.8. The van der Waals surface area contributed by atoms with Gasteiger partial charge in [0.2, 0.25) is 5.91 Å². The van der Waals surface area contributed by atoms with Gasteiger partial charge in [-0.3, -0.25) is 14.3 Å². The van der Waals surface area contributed by atoms with Gasteiger partial charge in [0.25, 0.3) is 5.91 Å². The lowest BCUT2D eigenvalue weighted by molar-refractivity contribution is -0.121. The Labute approximate surface area is 141 Å². The minimum Gasteiger partial charge on any atom is -0.459 e. The normalized spacial score (nSPS) is 12.0. The Bertz CT molecular complexity index is 676. The molecule has 0 aliphatic heterocycles. The minimum absolute atomic E-state index is 0.0880. The number of hydrogen-bond acceptors (Lipinski definition) is 4. The van der Waals surface area contributed by atoms with Crippen molar-refractivity contribution in [2.75, 3.05) is 13.1 Å². The minimum atomic E-state index is -0.314. The van der Waals surface area contributed by atoms with Gasteiger partial charge in [0.15, 0.2) is 5.76 Å². The van der Waals surface area contributed by atoms with E-state index in [4.69, 9.17) is 4.42 Å². The van der Waals surface area contributed by atoms with E-state index in [0.717, 1.165) is 17.9 Å². The third-order valence-corrected chi connectivity index (χ3v) is 3.62. The highest BCUT2D eigenvalue weighted by atomic mass is 16.3. The van der Waals surface area contributed by atoms with Crippen molar-refractivity contribution in [3.63, 3.8) is 0 Å². The molecule has 0 saturated carbocycles. The lowest BCUT2D eigenvalue weighted by Crippen LogP contribution is -2.33. The maximum atomic E-state index is 11.8. The molecule has 1 atom stereocenters. The van der Waals surface area contributed by atoms with E-state index in [2.05, 4.69) is 22.7 Å². The molecule has 0 unspecified atom stereocenters. The number of aryl methyl sites for hydroxylation is 2. The Morgan fingerprint density at radius 2 is 2.12 bits per heavy atom. The Morgan fingerprint density at radius 3 is 2.75 bits per heavy atom. The summed E-state index contributed by atoms with van der Waals surface area (Å²) in [6.07, 6.45) is 1.67. The van der Waals surface area contributed by atoms with Crippen molar-refractivity contribution in [2.45, 2.75) is 33.7 Å². The first-order valence-electron chi connectivity index (χ1n) is 8.05. The lowest BCUT2D eigenvalue weighted by Gasteiger charge is -2.14. The highest BCUT2D eigenvalue weighted by Gasteiger charge is 2.11. The molecule has 2 amide bonds. The second-order valence-corrected chi connectivity index (χ2v) is 6.00. The van der Waals surface area contributed by atoms with E-state index in [0.29, 0.717) is 6.54 Å². The summed E-state index contributed by atoms with van der Waals surface area (Å²) in [4.78, 5) is 23.5. The van der Waals surface area contributed by atoms with Gasteiger partial charge < -0.3 is 15.1 Å². The van der Waals surface area contributed by atoms with E-state index >= 15 is 0 Å². The van der Waals surface area contributed by atoms with Gasteiger partial charge in [0.05, 0.1) is 12.0 Å². The van der Waals surface area contributed by atoms with Crippen molar-refractivity contribution < 1.29 is 14.0 Å². The molecular formula is C17H24N4O3. The molecule has 0 spiro atoms. The molecule has 0 fully saturated rings. The third kappa shape index (κ3) is 5.26. The first-order chi connectivity index (χ1) is 11.5. The van der Waals surface area contributed by atoms with Crippen molar-refractivity contribution in [3.8, 4) is 0 Å². The average Bonchev–Trinajstić information content (AvgIpc) is 3.15. The fourth-order valence-electron chi connectivity index (χ4n) is 2.38. The van der Waals surface area contributed by atoms with E-state index in [1.165, 1.54) is 6.26 Å². The van der Waals surface area contributed by atoms with Crippen LogP contribution >= 0.6 is 0 Å². The summed E-state index contributed by atoms with van der Waals surface area (Å²) in [6, 6.07) is 5.26. The molecule has 0 aromatic carbocycles. The standard InChI is InChI=1S/C17H24N4O3/c1-12(11-21-14(3)9-13(2)20-21)10-19-16(22)6-7-18-17(23)15-5-4-8-24-15/h4-5,8-9,12H,6-7,10-11H2,1-3H3,(H,18,23)(H,19,22)/t12-/m0/s1. The molecule has 7 heteroatoms. The lowest BCUT2D eigenvalue weighted by atomic mass is 10.2. The van der Waals surface area contributed by atoms with Crippen LogP contribution in [0, 0.1) is 19.8 Å². The van der Waals surface area contributed by atoms with Gasteiger partial charge in [-0.1, -0.05) is 6.92 Å². The molecular weight excluding hydrogens is 308 g/mol. The van der Waals surface area contributed by atoms with Crippen LogP contribution in [0.15, 0.2) is 28.9 Å². The molecule has 0 bridgehead atoms. The monoisotopic (exact) mass is 332 g/mol. The molecule has 2 heterocycles. The first kappa shape index (κ1) is 17.8. The Hall–Kier alpha value is -2.57. The van der Waals surface area contributed by atoms with Gasteiger partial charge in [0, 0.05) is 31.7 Å². The number of carbonyl (C=O) groups excluding carboxylic acids is 2. The average molecular weight is 332 g/mol. The Morgan fingerprint density at radius 1 is 1.33 bits per heavy atom. The highest BCUT2D eigenvalue weighted by Crippen LogP contribution is 2.06. The van der Waals surface area contributed by atoms with E-state index in [1.54, 1.807) is 12.1 Å². The predicted molar refractivity (Wildman–Crippen MR) is 89.5 cm³/mol. The Kier molecular flexibility index (Phi) is 6.17. The fraction of sp³-hybridized carbons (Fsp3) is 0.471. The van der Waals surface area contributed by atoms with Crippen LogP contribution in [-0.2, 0) is 11.3 Å². The number of carbonyl (C=O) groups is 2. The van der Waals surface area contributed by atoms with Crippen LogP contribution in [0.2, 0.25) is 0 Å². The van der Waals surface area contributed by atoms with Crippen molar-refractivity contribution in [2.24, 2.45) is 5.92 Å². The van der Waals surface area contributed by atoms with Crippen LogP contribution in [0.1, 0.15) is 35.3 Å². The van der Waals surface area contributed by atoms with Crippen LogP contribution in [-0.4, -0.2) is 34.7 Å². The van der Waals surface area contributed by atoms with E-state index in [-0.39, 0.29) is 36.5 Å². The molecule has 0 radical (unpaired) electrons. The van der Waals surface area contributed by atoms with Gasteiger partial charge in [0.1, 0.15) is 0 Å². The van der Waals surface area contributed by atoms with Crippen LogP contribution in [0.25, 0.3) is 0 Å². The van der Waals surface area contributed by atoms with Crippen molar-refractivity contribution >= 4 is 11.8 Å². The van der Waals surface area contributed by atoms with Crippen molar-refractivity contribution in [3.05, 3.63) is 41.6 Å². The molecule has 2 rings (SSSR count). The summed E-state index contributed by atoms with van der Waals surface area (Å²) in [5.41, 5.74) is 2.11. The zero-order valence-electron chi connectivity index (χ0n) is 14.3. The van der Waals surface area contributed by atoms with Gasteiger partial charge in [-0.15, -0.1) is 0 Å². The number of nitrogens with one attached hydrogen (secondary N) is 2. The van der Waals surface area contributed by atoms with Crippen LogP contribution < -0.4 is 10.6 Å². The van der Waals surface area contributed by atoms with Crippen molar-refractivity contribution in [1.29, 1.82) is 0 Å². The number of nitrogens with zero attached hydrogens (tertiary/aromatic N) is 2. The fourth-order valence-corrected chi connectivity index (χ4v) is 2.38. The second kappa shape index (κ2) is 8.33. The molecule has 7 nitrogen and oxygen atoms in total. The maximum Gasteiger partial charge on any atom is 0.286 e. The molecule has 0 saturated heterocycles. The number of furan rings is 1. The Balaban J connectivity index is 1.64. The number of hydrogen-bond donors (Lipinski definition) is 2. The molecule has 2 aromatic heterocycles. The van der Waals surface area contributed by atoms with Crippen LogP contribution in [0.3, 0.4) is 0 Å². The molecule has 130 valence electrons. The summed E-state index contributed by atoms with van der Waals surface area (Å²) in [5, 5.41) is 9.95. The molecule has 0 aliphatic rings. The summed E-state index contributed by atoms with van der Waals surface area (Å²) in [6.45, 7) is 7.66. The zero-order valence-corrected chi connectivity index (χ0v) is 14.3. The largest absolute Gasteiger partial charge is 0.459 e. The SMILES string of the molecule is Cc1cc(C)n(C[C@@H](C)CNC(=O)CCNC(=O)c2ccco2)n1. The molecule has 0 aliphatic carbocycles. The predicted octanol–water partition coefficient (Wildman–Crippen LogP) is 1.67. The van der Waals surface area contributed by atoms with Gasteiger partial charge in [-0.2, -0.15) is 5.10 Å². The van der Waals surface area contributed by atoms with E-state index in [9.17, 15) is 9.59 Å². The summed E-state index contributed by atoms with van der Waals surface area (Å²) in [5.74, 6) is 0.110. The zero-order chi connectivity index (χ0) is 17.5. The quantitative estimate of drug-likeness (QED) is 0.769. The van der Waals surface area contributed by atoms with Gasteiger partial charge in [-0.05, 0) is 38.0 Å². The number of amides is 2. The van der Waals surface area contributed by atoms with Crippen molar-refractivity contribution in [1.82, 2.24) is 20.4 Å². The van der Waals surface area contributed by atoms with Crippen LogP contribution in [0.5, 0.6) is 0 Å². The van der Waals surface area contributed by atoms with E-state index in [1.807, 2.05) is 24.6 Å². The van der Waals surface area contributed by atoms with Gasteiger partial charge >= 0.3 is 0 Å². The second-order valence-electron chi connectivity index (χ2n) is 6.00. The summed E-state index contributed by atoms with van der Waals surface area (Å²) in [7, 11) is 0. The molecule has 2 aromatic rings. The van der Waals surface area contributed by atoms with E-state index < -0.39 is 0 Å². The third-order valence-electron chi connectivity index (χ3n) is 3.62.